The quantitative estimate of drug-likeness (QED) is 0.629. The van der Waals surface area contributed by atoms with E-state index >= 15 is 0 Å². The zero-order valence-corrected chi connectivity index (χ0v) is 17.3. The Morgan fingerprint density at radius 1 is 1.17 bits per heavy atom. The smallest absolute Gasteiger partial charge is 0.358 e. The van der Waals surface area contributed by atoms with Crippen LogP contribution in [0.15, 0.2) is 48.8 Å². The van der Waals surface area contributed by atoms with Gasteiger partial charge in [-0.3, -0.25) is 4.79 Å². The van der Waals surface area contributed by atoms with Crippen LogP contribution in [0.4, 0.5) is 11.1 Å². The lowest BCUT2D eigenvalue weighted by atomic mass is 9.97. The number of benzene rings is 1. The summed E-state index contributed by atoms with van der Waals surface area (Å²) in [6.07, 6.45) is 5.04. The van der Waals surface area contributed by atoms with Crippen LogP contribution in [0.1, 0.15) is 23.3 Å². The molecule has 4 rings (SSSR count). The Balaban J connectivity index is 1.52. The maximum atomic E-state index is 12.9. The normalized spacial score (nSPS) is 16.2. The zero-order chi connectivity index (χ0) is 20.9. The van der Waals surface area contributed by atoms with Crippen LogP contribution in [-0.2, 0) is 9.53 Å². The van der Waals surface area contributed by atoms with Crippen molar-refractivity contribution in [2.75, 3.05) is 30.4 Å². The summed E-state index contributed by atoms with van der Waals surface area (Å²) in [4.78, 5) is 40.7. The Kier molecular flexibility index (Phi) is 5.99. The number of piperidine rings is 1. The van der Waals surface area contributed by atoms with E-state index in [2.05, 4.69) is 20.3 Å². The molecular formula is C21H21N5O3S. The van der Waals surface area contributed by atoms with Crippen molar-refractivity contribution in [2.45, 2.75) is 12.8 Å². The van der Waals surface area contributed by atoms with Gasteiger partial charge in [-0.05, 0) is 24.5 Å². The molecule has 1 atom stereocenters. The average Bonchev–Trinajstić information content (AvgIpc) is 3.23. The number of methoxy groups -OCH3 is 1. The topological polar surface area (TPSA) is 97.3 Å². The van der Waals surface area contributed by atoms with Crippen molar-refractivity contribution in [3.05, 3.63) is 54.5 Å². The van der Waals surface area contributed by atoms with Crippen LogP contribution in [-0.4, -0.2) is 47.0 Å². The van der Waals surface area contributed by atoms with E-state index in [0.29, 0.717) is 22.5 Å². The van der Waals surface area contributed by atoms with Gasteiger partial charge in [-0.2, -0.15) is 0 Å². The van der Waals surface area contributed by atoms with Crippen molar-refractivity contribution >= 4 is 34.3 Å². The Bertz CT molecular complexity index is 1030. The molecule has 1 N–H and O–H groups in total. The first-order valence-corrected chi connectivity index (χ1v) is 10.4. The van der Waals surface area contributed by atoms with Crippen molar-refractivity contribution in [3.8, 4) is 10.4 Å². The molecular weight excluding hydrogens is 402 g/mol. The van der Waals surface area contributed by atoms with E-state index in [9.17, 15) is 9.59 Å². The molecule has 1 aromatic carbocycles. The van der Waals surface area contributed by atoms with Gasteiger partial charge < -0.3 is 15.0 Å². The minimum Gasteiger partial charge on any atom is -0.464 e. The van der Waals surface area contributed by atoms with Crippen LogP contribution in [0.5, 0.6) is 0 Å². The second-order valence-corrected chi connectivity index (χ2v) is 7.88. The summed E-state index contributed by atoms with van der Waals surface area (Å²) >= 11 is 1.26. The number of carbonyl (C=O) groups excluding carboxylic acids is 2. The first kappa shape index (κ1) is 20.0. The zero-order valence-electron chi connectivity index (χ0n) is 16.4. The number of nitrogens with zero attached hydrogens (tertiary/aromatic N) is 4. The molecule has 3 heterocycles. The molecule has 8 nitrogen and oxygen atoms in total. The van der Waals surface area contributed by atoms with Gasteiger partial charge in [0.15, 0.2) is 10.8 Å². The number of thiazole rings is 1. The number of rotatable bonds is 5. The van der Waals surface area contributed by atoms with E-state index in [1.807, 2.05) is 35.2 Å². The molecule has 1 amide bonds. The van der Waals surface area contributed by atoms with E-state index in [4.69, 9.17) is 4.74 Å². The minimum atomic E-state index is -0.532. The molecule has 0 spiro atoms. The van der Waals surface area contributed by atoms with Crippen molar-refractivity contribution in [1.29, 1.82) is 0 Å². The SMILES string of the molecule is COC(=O)c1nc(NC(=O)[C@H]2CCCN(c3ncccn3)C2)sc1-c1ccccc1. The summed E-state index contributed by atoms with van der Waals surface area (Å²) < 4.78 is 4.87. The summed E-state index contributed by atoms with van der Waals surface area (Å²) in [6.45, 7) is 1.35. The third-order valence-electron chi connectivity index (χ3n) is 4.90. The molecule has 1 aliphatic rings. The molecule has 3 aromatic rings. The number of amides is 1. The van der Waals surface area contributed by atoms with Crippen LogP contribution in [0.2, 0.25) is 0 Å². The summed E-state index contributed by atoms with van der Waals surface area (Å²) in [6, 6.07) is 11.2. The number of ether oxygens (including phenoxy) is 1. The molecule has 30 heavy (non-hydrogen) atoms. The first-order valence-electron chi connectivity index (χ1n) is 9.63. The van der Waals surface area contributed by atoms with Crippen molar-refractivity contribution < 1.29 is 14.3 Å². The van der Waals surface area contributed by atoms with Crippen LogP contribution in [0.3, 0.4) is 0 Å². The lowest BCUT2D eigenvalue weighted by molar-refractivity contribution is -0.120. The monoisotopic (exact) mass is 423 g/mol. The lowest BCUT2D eigenvalue weighted by Gasteiger charge is -2.31. The number of anilines is 2. The van der Waals surface area contributed by atoms with Gasteiger partial charge in [-0.15, -0.1) is 0 Å². The number of hydrogen-bond donors (Lipinski definition) is 1. The third-order valence-corrected chi connectivity index (χ3v) is 5.92. The van der Waals surface area contributed by atoms with Gasteiger partial charge in [-0.25, -0.2) is 19.7 Å². The lowest BCUT2D eigenvalue weighted by Crippen LogP contribution is -2.41. The molecule has 2 aromatic heterocycles. The first-order chi connectivity index (χ1) is 14.7. The molecule has 0 aliphatic carbocycles. The number of nitrogens with one attached hydrogen (secondary N) is 1. The van der Waals surface area contributed by atoms with Gasteiger partial charge in [0.25, 0.3) is 0 Å². The average molecular weight is 423 g/mol. The van der Waals surface area contributed by atoms with Gasteiger partial charge in [0.1, 0.15) is 0 Å². The molecule has 0 bridgehead atoms. The van der Waals surface area contributed by atoms with Crippen LogP contribution >= 0.6 is 11.3 Å². The Morgan fingerprint density at radius 3 is 2.67 bits per heavy atom. The summed E-state index contributed by atoms with van der Waals surface area (Å²) in [7, 11) is 1.32. The molecule has 1 saturated heterocycles. The molecule has 154 valence electrons. The van der Waals surface area contributed by atoms with Gasteiger partial charge in [0.2, 0.25) is 11.9 Å². The van der Waals surface area contributed by atoms with Gasteiger partial charge in [0, 0.05) is 25.5 Å². The minimum absolute atomic E-state index is 0.125. The fourth-order valence-corrected chi connectivity index (χ4v) is 4.39. The van der Waals surface area contributed by atoms with E-state index in [0.717, 1.165) is 24.9 Å². The highest BCUT2D eigenvalue weighted by atomic mass is 32.1. The Hall–Kier alpha value is -3.33. The maximum absolute atomic E-state index is 12.9. The largest absolute Gasteiger partial charge is 0.464 e. The number of esters is 1. The van der Waals surface area contributed by atoms with Crippen molar-refractivity contribution in [1.82, 2.24) is 15.0 Å². The second kappa shape index (κ2) is 9.00. The summed E-state index contributed by atoms with van der Waals surface area (Å²) in [5, 5.41) is 3.27. The van der Waals surface area contributed by atoms with Crippen LogP contribution < -0.4 is 10.2 Å². The van der Waals surface area contributed by atoms with E-state index in [-0.39, 0.29) is 17.5 Å². The highest BCUT2D eigenvalue weighted by Crippen LogP contribution is 2.34. The van der Waals surface area contributed by atoms with Crippen molar-refractivity contribution in [3.63, 3.8) is 0 Å². The molecule has 0 unspecified atom stereocenters. The van der Waals surface area contributed by atoms with Gasteiger partial charge in [0.05, 0.1) is 17.9 Å². The number of hydrogen-bond acceptors (Lipinski definition) is 8. The fourth-order valence-electron chi connectivity index (χ4n) is 3.43. The predicted molar refractivity (Wildman–Crippen MR) is 114 cm³/mol. The van der Waals surface area contributed by atoms with E-state index in [1.165, 1.54) is 18.4 Å². The fraction of sp³-hybridized carbons (Fsp3) is 0.286. The number of carbonyl (C=O) groups is 2. The molecule has 9 heteroatoms. The van der Waals surface area contributed by atoms with Crippen molar-refractivity contribution in [2.24, 2.45) is 5.92 Å². The Labute approximate surface area is 178 Å². The standard InChI is InChI=1S/C21H21N5O3S/c1-29-19(28)16-17(14-7-3-2-4-8-14)30-21(24-16)25-18(27)15-9-5-12-26(13-15)20-22-10-6-11-23-20/h2-4,6-8,10-11,15H,5,9,12-13H2,1H3,(H,24,25,27)/t15-/m0/s1. The second-order valence-electron chi connectivity index (χ2n) is 6.88. The molecule has 0 radical (unpaired) electrons. The number of aromatic nitrogens is 3. The Morgan fingerprint density at radius 2 is 1.93 bits per heavy atom. The molecule has 1 fully saturated rings. The summed E-state index contributed by atoms with van der Waals surface area (Å²) in [5.74, 6) is -0.243. The summed E-state index contributed by atoms with van der Waals surface area (Å²) in [5.41, 5.74) is 1.05. The predicted octanol–water partition coefficient (Wildman–Crippen LogP) is 3.24. The van der Waals surface area contributed by atoms with E-state index in [1.54, 1.807) is 18.5 Å². The van der Waals surface area contributed by atoms with Gasteiger partial charge in [-0.1, -0.05) is 41.7 Å². The highest BCUT2D eigenvalue weighted by molar-refractivity contribution is 7.19. The molecule has 0 saturated carbocycles. The van der Waals surface area contributed by atoms with Crippen LogP contribution in [0.25, 0.3) is 10.4 Å². The van der Waals surface area contributed by atoms with Crippen LogP contribution in [0, 0.1) is 5.92 Å². The molecule has 1 aliphatic heterocycles. The van der Waals surface area contributed by atoms with E-state index < -0.39 is 5.97 Å². The maximum Gasteiger partial charge on any atom is 0.358 e. The highest BCUT2D eigenvalue weighted by Gasteiger charge is 2.28. The van der Waals surface area contributed by atoms with Gasteiger partial charge >= 0.3 is 5.97 Å². The third kappa shape index (κ3) is 4.30.